The molecular formula is C14H20ClN3O2. The summed E-state index contributed by atoms with van der Waals surface area (Å²) < 4.78 is 0. The molecule has 1 atom stereocenters. The van der Waals surface area contributed by atoms with Crippen molar-refractivity contribution in [1.29, 1.82) is 0 Å². The van der Waals surface area contributed by atoms with E-state index < -0.39 is 5.60 Å². The summed E-state index contributed by atoms with van der Waals surface area (Å²) in [4.78, 5) is 14.0. The zero-order valence-electron chi connectivity index (χ0n) is 11.5. The average Bonchev–Trinajstić information content (AvgIpc) is 2.31. The summed E-state index contributed by atoms with van der Waals surface area (Å²) in [6, 6.07) is 4.96. The first-order chi connectivity index (χ1) is 9.35. The second kappa shape index (κ2) is 5.99. The van der Waals surface area contributed by atoms with Gasteiger partial charge in [-0.2, -0.15) is 0 Å². The smallest absolute Gasteiger partial charge is 0.238 e. The molecule has 1 heterocycles. The molecule has 0 radical (unpaired) electrons. The standard InChI is InChI=1S/C14H20ClN3O2/c1-14(20)5-2-6-18(9-14)8-13(19)17-12-4-3-10(15)7-11(12)16/h3-4,7,20H,2,5-6,8-9,16H2,1H3,(H,17,19). The number of halogens is 1. The first-order valence-electron chi connectivity index (χ1n) is 6.65. The van der Waals surface area contributed by atoms with Crippen molar-refractivity contribution in [3.8, 4) is 0 Å². The number of nitrogens with zero attached hydrogens (tertiary/aromatic N) is 1. The molecule has 0 spiro atoms. The third-order valence-electron chi connectivity index (χ3n) is 3.41. The van der Waals surface area contributed by atoms with Crippen LogP contribution in [0.4, 0.5) is 11.4 Å². The van der Waals surface area contributed by atoms with Crippen molar-refractivity contribution < 1.29 is 9.90 Å². The van der Waals surface area contributed by atoms with Gasteiger partial charge in [0, 0.05) is 11.6 Å². The van der Waals surface area contributed by atoms with Crippen LogP contribution in [0.2, 0.25) is 5.02 Å². The molecule has 20 heavy (non-hydrogen) atoms. The molecule has 1 amide bonds. The lowest BCUT2D eigenvalue weighted by Crippen LogP contribution is -2.48. The van der Waals surface area contributed by atoms with E-state index in [9.17, 15) is 9.90 Å². The second-order valence-electron chi connectivity index (χ2n) is 5.59. The normalized spacial score (nSPS) is 23.6. The van der Waals surface area contributed by atoms with Crippen LogP contribution in [0, 0.1) is 0 Å². The van der Waals surface area contributed by atoms with Crippen molar-refractivity contribution in [2.45, 2.75) is 25.4 Å². The summed E-state index contributed by atoms with van der Waals surface area (Å²) in [7, 11) is 0. The minimum Gasteiger partial charge on any atom is -0.397 e. The minimum absolute atomic E-state index is 0.142. The first kappa shape index (κ1) is 15.1. The SMILES string of the molecule is CC1(O)CCCN(CC(=O)Nc2ccc(Cl)cc2N)C1. The summed E-state index contributed by atoms with van der Waals surface area (Å²) in [5.74, 6) is -0.142. The Morgan fingerprint density at radius 2 is 2.35 bits per heavy atom. The molecule has 110 valence electrons. The van der Waals surface area contributed by atoms with Gasteiger partial charge in [-0.3, -0.25) is 9.69 Å². The van der Waals surface area contributed by atoms with E-state index in [2.05, 4.69) is 5.32 Å². The summed E-state index contributed by atoms with van der Waals surface area (Å²) in [6.45, 7) is 3.38. The van der Waals surface area contributed by atoms with E-state index in [-0.39, 0.29) is 12.5 Å². The van der Waals surface area contributed by atoms with E-state index in [1.165, 1.54) is 0 Å². The number of hydrogen-bond donors (Lipinski definition) is 3. The fourth-order valence-corrected chi connectivity index (χ4v) is 2.68. The lowest BCUT2D eigenvalue weighted by atomic mass is 9.95. The molecule has 0 aromatic heterocycles. The molecule has 2 rings (SSSR count). The maximum absolute atomic E-state index is 12.0. The number of amides is 1. The number of anilines is 2. The minimum atomic E-state index is -0.710. The predicted molar refractivity (Wildman–Crippen MR) is 80.8 cm³/mol. The molecule has 6 heteroatoms. The zero-order chi connectivity index (χ0) is 14.8. The fraction of sp³-hybridized carbons (Fsp3) is 0.500. The third kappa shape index (κ3) is 4.10. The van der Waals surface area contributed by atoms with Crippen molar-refractivity contribution in [2.75, 3.05) is 30.7 Å². The Morgan fingerprint density at radius 1 is 1.60 bits per heavy atom. The highest BCUT2D eigenvalue weighted by Gasteiger charge is 2.29. The van der Waals surface area contributed by atoms with Crippen molar-refractivity contribution in [3.63, 3.8) is 0 Å². The summed E-state index contributed by atoms with van der Waals surface area (Å²) in [5, 5.41) is 13.3. The van der Waals surface area contributed by atoms with Crippen LogP contribution in [0.25, 0.3) is 0 Å². The molecule has 0 aliphatic carbocycles. The van der Waals surface area contributed by atoms with E-state index in [0.29, 0.717) is 22.9 Å². The number of carbonyl (C=O) groups is 1. The van der Waals surface area contributed by atoms with E-state index in [0.717, 1.165) is 19.4 Å². The first-order valence-corrected chi connectivity index (χ1v) is 7.03. The molecule has 1 unspecified atom stereocenters. The van der Waals surface area contributed by atoms with Gasteiger partial charge < -0.3 is 16.2 Å². The fourth-order valence-electron chi connectivity index (χ4n) is 2.50. The highest BCUT2D eigenvalue weighted by molar-refractivity contribution is 6.31. The van der Waals surface area contributed by atoms with E-state index >= 15 is 0 Å². The van der Waals surface area contributed by atoms with Crippen LogP contribution < -0.4 is 11.1 Å². The van der Waals surface area contributed by atoms with Gasteiger partial charge in [0.05, 0.1) is 23.5 Å². The van der Waals surface area contributed by atoms with Gasteiger partial charge in [-0.15, -0.1) is 0 Å². The highest BCUT2D eigenvalue weighted by Crippen LogP contribution is 2.23. The quantitative estimate of drug-likeness (QED) is 0.742. The lowest BCUT2D eigenvalue weighted by molar-refractivity contribution is -0.118. The number of nitrogen functional groups attached to an aromatic ring is 1. The summed E-state index contributed by atoms with van der Waals surface area (Å²) in [5.41, 5.74) is 6.08. The van der Waals surface area contributed by atoms with E-state index in [4.69, 9.17) is 17.3 Å². The maximum Gasteiger partial charge on any atom is 0.238 e. The van der Waals surface area contributed by atoms with Gasteiger partial charge in [-0.05, 0) is 44.5 Å². The number of nitrogens with two attached hydrogens (primary N) is 1. The Bertz CT molecular complexity index is 505. The molecule has 1 aliphatic rings. The largest absolute Gasteiger partial charge is 0.397 e. The van der Waals surface area contributed by atoms with Crippen molar-refractivity contribution >= 4 is 28.9 Å². The van der Waals surface area contributed by atoms with Crippen LogP contribution in [-0.2, 0) is 4.79 Å². The van der Waals surface area contributed by atoms with Crippen molar-refractivity contribution in [3.05, 3.63) is 23.2 Å². The number of nitrogens with one attached hydrogen (secondary N) is 1. The molecular weight excluding hydrogens is 278 g/mol. The second-order valence-corrected chi connectivity index (χ2v) is 6.03. The highest BCUT2D eigenvalue weighted by atomic mass is 35.5. The van der Waals surface area contributed by atoms with Crippen LogP contribution in [0.5, 0.6) is 0 Å². The lowest BCUT2D eigenvalue weighted by Gasteiger charge is -2.36. The Labute approximate surface area is 123 Å². The summed E-state index contributed by atoms with van der Waals surface area (Å²) in [6.07, 6.45) is 1.67. The number of likely N-dealkylation sites (tertiary alicyclic amines) is 1. The number of rotatable bonds is 3. The number of piperidine rings is 1. The predicted octanol–water partition coefficient (Wildman–Crippen LogP) is 1.71. The third-order valence-corrected chi connectivity index (χ3v) is 3.64. The van der Waals surface area contributed by atoms with Gasteiger partial charge in [-0.25, -0.2) is 0 Å². The number of aliphatic hydroxyl groups is 1. The van der Waals surface area contributed by atoms with Gasteiger partial charge in [0.25, 0.3) is 0 Å². The Balaban J connectivity index is 1.92. The van der Waals surface area contributed by atoms with Gasteiger partial charge in [0.2, 0.25) is 5.91 Å². The number of hydrogen-bond acceptors (Lipinski definition) is 4. The van der Waals surface area contributed by atoms with Crippen LogP contribution in [0.3, 0.4) is 0 Å². The number of benzene rings is 1. The van der Waals surface area contributed by atoms with Gasteiger partial charge in [0.15, 0.2) is 0 Å². The van der Waals surface area contributed by atoms with Crippen molar-refractivity contribution in [1.82, 2.24) is 4.90 Å². The molecule has 1 aromatic rings. The van der Waals surface area contributed by atoms with Crippen LogP contribution in [0.1, 0.15) is 19.8 Å². The Kier molecular flexibility index (Phi) is 4.52. The molecule has 1 aromatic carbocycles. The molecule has 0 bridgehead atoms. The Morgan fingerprint density at radius 3 is 3.00 bits per heavy atom. The van der Waals surface area contributed by atoms with Crippen molar-refractivity contribution in [2.24, 2.45) is 0 Å². The molecule has 1 fully saturated rings. The van der Waals surface area contributed by atoms with Crippen LogP contribution in [0.15, 0.2) is 18.2 Å². The average molecular weight is 298 g/mol. The number of β-amino-alcohol motifs (C(OH)–C–C–N with tert-alkyl or cyclic N) is 1. The Hall–Kier alpha value is -1.30. The summed E-state index contributed by atoms with van der Waals surface area (Å²) >= 11 is 5.81. The van der Waals surface area contributed by atoms with Crippen LogP contribution >= 0.6 is 11.6 Å². The topological polar surface area (TPSA) is 78.6 Å². The van der Waals surface area contributed by atoms with Crippen LogP contribution in [-0.4, -0.2) is 41.1 Å². The molecule has 4 N–H and O–H groups in total. The van der Waals surface area contributed by atoms with Gasteiger partial charge in [-0.1, -0.05) is 11.6 Å². The molecule has 0 saturated carbocycles. The van der Waals surface area contributed by atoms with Gasteiger partial charge in [0.1, 0.15) is 0 Å². The molecule has 1 aliphatic heterocycles. The maximum atomic E-state index is 12.0. The van der Waals surface area contributed by atoms with E-state index in [1.54, 1.807) is 25.1 Å². The zero-order valence-corrected chi connectivity index (χ0v) is 12.3. The number of carbonyl (C=O) groups excluding carboxylic acids is 1. The van der Waals surface area contributed by atoms with Gasteiger partial charge >= 0.3 is 0 Å². The monoisotopic (exact) mass is 297 g/mol. The molecule has 5 nitrogen and oxygen atoms in total. The van der Waals surface area contributed by atoms with E-state index in [1.807, 2.05) is 4.90 Å². The molecule has 1 saturated heterocycles.